The van der Waals surface area contributed by atoms with Crippen LogP contribution in [0.2, 0.25) is 5.02 Å². The summed E-state index contributed by atoms with van der Waals surface area (Å²) < 4.78 is 45.2. The number of carbonyl (C=O) groups excluding carboxylic acids is 1. The van der Waals surface area contributed by atoms with Crippen molar-refractivity contribution in [3.05, 3.63) is 87.2 Å². The lowest BCUT2D eigenvalue weighted by molar-refractivity contribution is 0.103. The van der Waals surface area contributed by atoms with Gasteiger partial charge < -0.3 is 10.1 Å². The van der Waals surface area contributed by atoms with Gasteiger partial charge in [0.15, 0.2) is 0 Å². The van der Waals surface area contributed by atoms with Crippen LogP contribution in [0, 0.1) is 12.7 Å². The molecule has 0 radical (unpaired) electrons. The van der Waals surface area contributed by atoms with Crippen LogP contribution in [0.3, 0.4) is 0 Å². The summed E-state index contributed by atoms with van der Waals surface area (Å²) in [4.78, 5) is 22.6. The Hall–Kier alpha value is -3.54. The molecule has 0 aliphatic rings. The lowest BCUT2D eigenvalue weighted by atomic mass is 10.1. The molecule has 3 aromatic heterocycles. The van der Waals surface area contributed by atoms with Gasteiger partial charge in [-0.15, -0.1) is 11.3 Å². The highest BCUT2D eigenvalue weighted by Gasteiger charge is 2.20. The number of sulfonamides is 1. The summed E-state index contributed by atoms with van der Waals surface area (Å²) in [6.45, 7) is 3.65. The van der Waals surface area contributed by atoms with Gasteiger partial charge in [-0.2, -0.15) is 0 Å². The molecule has 0 aliphatic carbocycles. The Morgan fingerprint density at radius 1 is 1.16 bits per heavy atom. The Labute approximate surface area is 222 Å². The second kappa shape index (κ2) is 10.8. The van der Waals surface area contributed by atoms with Crippen LogP contribution in [-0.2, 0) is 10.0 Å². The van der Waals surface area contributed by atoms with Crippen molar-refractivity contribution < 1.29 is 22.3 Å². The van der Waals surface area contributed by atoms with Crippen LogP contribution in [0.1, 0.15) is 33.1 Å². The Morgan fingerprint density at radius 3 is 2.65 bits per heavy atom. The molecule has 37 heavy (non-hydrogen) atoms. The molecule has 0 bridgehead atoms. The molecule has 3 heterocycles. The molecule has 0 saturated heterocycles. The molecule has 1 atom stereocenters. The number of aryl methyl sites for hydroxylation is 1. The van der Waals surface area contributed by atoms with Crippen LogP contribution in [0.15, 0.2) is 61.1 Å². The number of benzene rings is 1. The average Bonchev–Trinajstić information content (AvgIpc) is 3.19. The van der Waals surface area contributed by atoms with Gasteiger partial charge in [-0.25, -0.2) is 12.8 Å². The SMILES string of the molecule is Cc1sc(C(=O)Nc2cc(Cl)cc(NS(C)(=O)=O)c2)cc1-c1ncccc1O[C@@H](C)c1cncc(F)c1. The zero-order valence-corrected chi connectivity index (χ0v) is 22.3. The number of nitrogens with one attached hydrogen (secondary N) is 2. The normalized spacial score (nSPS) is 12.1. The van der Waals surface area contributed by atoms with E-state index in [0.29, 0.717) is 33.1 Å². The molecule has 12 heteroatoms. The van der Waals surface area contributed by atoms with Crippen LogP contribution in [0.4, 0.5) is 15.8 Å². The molecule has 1 amide bonds. The second-order valence-electron chi connectivity index (χ2n) is 8.18. The summed E-state index contributed by atoms with van der Waals surface area (Å²) >= 11 is 7.37. The van der Waals surface area contributed by atoms with Crippen LogP contribution < -0.4 is 14.8 Å². The minimum Gasteiger partial charge on any atom is -0.484 e. The van der Waals surface area contributed by atoms with E-state index in [1.165, 1.54) is 41.8 Å². The standard InChI is InChI=1S/C25H22ClFN4O4S2/c1-14(16-7-18(27)13-28-12-16)35-22-5-4-6-29-24(22)21-11-23(36-15(21)2)25(32)30-19-8-17(26)9-20(10-19)31-37(3,33)34/h4-14,31H,1-3H3,(H,30,32)/t14-/m0/s1. The van der Waals surface area contributed by atoms with E-state index in [9.17, 15) is 17.6 Å². The van der Waals surface area contributed by atoms with Gasteiger partial charge in [-0.1, -0.05) is 11.6 Å². The lowest BCUT2D eigenvalue weighted by Gasteiger charge is -2.17. The van der Waals surface area contributed by atoms with E-state index in [1.54, 1.807) is 31.3 Å². The number of thiophene rings is 1. The van der Waals surface area contributed by atoms with Gasteiger partial charge >= 0.3 is 0 Å². The van der Waals surface area contributed by atoms with E-state index in [2.05, 4.69) is 20.0 Å². The van der Waals surface area contributed by atoms with Gasteiger partial charge in [0.05, 0.1) is 23.0 Å². The smallest absolute Gasteiger partial charge is 0.265 e. The first-order valence-corrected chi connectivity index (χ1v) is 14.0. The number of hydrogen-bond acceptors (Lipinski definition) is 7. The maximum absolute atomic E-state index is 13.6. The molecule has 8 nitrogen and oxygen atoms in total. The molecule has 2 N–H and O–H groups in total. The number of aromatic nitrogens is 2. The highest BCUT2D eigenvalue weighted by Crippen LogP contribution is 2.37. The first-order valence-electron chi connectivity index (χ1n) is 10.9. The van der Waals surface area contributed by atoms with Crippen molar-refractivity contribution >= 4 is 50.2 Å². The number of carbonyl (C=O) groups is 1. The maximum atomic E-state index is 13.6. The summed E-state index contributed by atoms with van der Waals surface area (Å²) in [7, 11) is -3.52. The Balaban J connectivity index is 1.58. The highest BCUT2D eigenvalue weighted by molar-refractivity contribution is 7.92. The predicted octanol–water partition coefficient (Wildman–Crippen LogP) is 6.07. The minimum absolute atomic E-state index is 0.228. The number of anilines is 2. The molecular formula is C25H22ClFN4O4S2. The minimum atomic E-state index is -3.52. The van der Waals surface area contributed by atoms with Crippen molar-refractivity contribution in [2.24, 2.45) is 0 Å². The number of hydrogen-bond donors (Lipinski definition) is 2. The Morgan fingerprint density at radius 2 is 1.92 bits per heavy atom. The van der Waals surface area contributed by atoms with Crippen LogP contribution in [-0.4, -0.2) is 30.5 Å². The molecule has 0 saturated carbocycles. The number of amides is 1. The molecule has 0 spiro atoms. The van der Waals surface area contributed by atoms with Crippen LogP contribution >= 0.6 is 22.9 Å². The molecule has 0 fully saturated rings. The molecule has 4 rings (SSSR count). The molecule has 0 aliphatic heterocycles. The first kappa shape index (κ1) is 26.5. The van der Waals surface area contributed by atoms with Crippen molar-refractivity contribution in [3.63, 3.8) is 0 Å². The summed E-state index contributed by atoms with van der Waals surface area (Å²) in [5.41, 5.74) is 2.37. The van der Waals surface area contributed by atoms with Crippen molar-refractivity contribution in [1.82, 2.24) is 9.97 Å². The monoisotopic (exact) mass is 560 g/mol. The highest BCUT2D eigenvalue weighted by atomic mass is 35.5. The fraction of sp³-hybridized carbons (Fsp3) is 0.160. The van der Waals surface area contributed by atoms with E-state index in [0.717, 1.165) is 17.3 Å². The predicted molar refractivity (Wildman–Crippen MR) is 143 cm³/mol. The van der Waals surface area contributed by atoms with Gasteiger partial charge in [-0.3, -0.25) is 19.5 Å². The van der Waals surface area contributed by atoms with Crippen molar-refractivity contribution in [3.8, 4) is 17.0 Å². The number of ether oxygens (including phenoxy) is 1. The average molecular weight is 561 g/mol. The summed E-state index contributed by atoms with van der Waals surface area (Å²) in [5.74, 6) is -0.384. The van der Waals surface area contributed by atoms with Crippen LogP contribution in [0.25, 0.3) is 11.3 Å². The van der Waals surface area contributed by atoms with E-state index in [4.69, 9.17) is 16.3 Å². The summed E-state index contributed by atoms with van der Waals surface area (Å²) in [6.07, 6.45) is 4.81. The van der Waals surface area contributed by atoms with Gasteiger partial charge in [0.2, 0.25) is 10.0 Å². The summed E-state index contributed by atoms with van der Waals surface area (Å²) in [6, 6.07) is 11.0. The van der Waals surface area contributed by atoms with Gasteiger partial charge in [-0.05, 0) is 56.3 Å². The number of halogens is 2. The van der Waals surface area contributed by atoms with E-state index < -0.39 is 27.9 Å². The molecule has 4 aromatic rings. The fourth-order valence-electron chi connectivity index (χ4n) is 3.55. The third-order valence-electron chi connectivity index (χ3n) is 5.13. The Kier molecular flexibility index (Phi) is 7.76. The largest absolute Gasteiger partial charge is 0.484 e. The van der Waals surface area contributed by atoms with E-state index >= 15 is 0 Å². The van der Waals surface area contributed by atoms with Crippen molar-refractivity contribution in [2.45, 2.75) is 20.0 Å². The number of pyridine rings is 2. The fourth-order valence-corrected chi connectivity index (χ4v) is 5.25. The Bertz CT molecular complexity index is 1580. The van der Waals surface area contributed by atoms with Crippen LogP contribution in [0.5, 0.6) is 5.75 Å². The molecular weight excluding hydrogens is 539 g/mol. The third-order valence-corrected chi connectivity index (χ3v) is 7.00. The summed E-state index contributed by atoms with van der Waals surface area (Å²) in [5, 5.41) is 3.00. The van der Waals surface area contributed by atoms with E-state index in [1.807, 2.05) is 6.92 Å². The number of nitrogens with zero attached hydrogens (tertiary/aromatic N) is 2. The third kappa shape index (κ3) is 6.82. The van der Waals surface area contributed by atoms with Gasteiger partial charge in [0.1, 0.15) is 23.4 Å². The zero-order chi connectivity index (χ0) is 26.7. The van der Waals surface area contributed by atoms with Crippen molar-refractivity contribution in [2.75, 3.05) is 16.3 Å². The topological polar surface area (TPSA) is 110 Å². The second-order valence-corrected chi connectivity index (χ2v) is 11.6. The van der Waals surface area contributed by atoms with Crippen molar-refractivity contribution in [1.29, 1.82) is 0 Å². The molecule has 0 unspecified atom stereocenters. The lowest BCUT2D eigenvalue weighted by Crippen LogP contribution is -2.12. The quantitative estimate of drug-likeness (QED) is 0.271. The number of rotatable bonds is 8. The first-order chi connectivity index (χ1) is 17.5. The molecule has 192 valence electrons. The zero-order valence-electron chi connectivity index (χ0n) is 20.0. The van der Waals surface area contributed by atoms with E-state index in [-0.39, 0.29) is 10.7 Å². The van der Waals surface area contributed by atoms with Gasteiger partial charge in [0, 0.05) is 39.1 Å². The molecule has 1 aromatic carbocycles. The van der Waals surface area contributed by atoms with Gasteiger partial charge in [0.25, 0.3) is 5.91 Å². The maximum Gasteiger partial charge on any atom is 0.265 e.